The minimum absolute atomic E-state index is 0.152. The minimum Gasteiger partial charge on any atom is -0.462 e. The van der Waals surface area contributed by atoms with Crippen molar-refractivity contribution in [2.75, 3.05) is 13.2 Å². The predicted molar refractivity (Wildman–Crippen MR) is 103 cm³/mol. The van der Waals surface area contributed by atoms with Crippen LogP contribution in [0.15, 0.2) is 11.1 Å². The first-order valence-electron chi connectivity index (χ1n) is 10.8. The van der Waals surface area contributed by atoms with E-state index in [4.69, 9.17) is 9.47 Å². The molecule has 0 saturated heterocycles. The first-order valence-corrected chi connectivity index (χ1v) is 10.8. The van der Waals surface area contributed by atoms with Gasteiger partial charge in [-0.05, 0) is 50.4 Å². The van der Waals surface area contributed by atoms with Gasteiger partial charge in [-0.1, -0.05) is 52.4 Å². The Morgan fingerprint density at radius 3 is 1.31 bits per heavy atom. The van der Waals surface area contributed by atoms with E-state index in [1.54, 1.807) is 0 Å². The highest BCUT2D eigenvalue weighted by Crippen LogP contribution is 2.38. The highest BCUT2D eigenvalue weighted by molar-refractivity contribution is 6.01. The zero-order valence-electron chi connectivity index (χ0n) is 16.7. The molecule has 4 heteroatoms. The van der Waals surface area contributed by atoms with E-state index in [0.29, 0.717) is 24.4 Å². The maximum absolute atomic E-state index is 13.0. The van der Waals surface area contributed by atoms with E-state index >= 15 is 0 Å². The van der Waals surface area contributed by atoms with E-state index in [-0.39, 0.29) is 23.8 Å². The summed E-state index contributed by atoms with van der Waals surface area (Å²) in [5.74, 6) is -0.237. The Kier molecular flexibility index (Phi) is 9.21. The fraction of sp³-hybridized carbons (Fsp3) is 0.818. The van der Waals surface area contributed by atoms with Crippen LogP contribution < -0.4 is 0 Å². The maximum Gasteiger partial charge on any atom is 0.334 e. The second-order valence-corrected chi connectivity index (χ2v) is 7.77. The zero-order chi connectivity index (χ0) is 18.8. The molecule has 2 fully saturated rings. The summed E-state index contributed by atoms with van der Waals surface area (Å²) in [6, 6.07) is 0. The molecule has 26 heavy (non-hydrogen) atoms. The molecule has 148 valence electrons. The van der Waals surface area contributed by atoms with Crippen LogP contribution in [-0.4, -0.2) is 25.2 Å². The van der Waals surface area contributed by atoms with Crippen molar-refractivity contribution in [3.8, 4) is 0 Å². The number of esters is 2. The molecular weight excluding hydrogens is 328 g/mol. The number of carbonyl (C=O) groups is 2. The summed E-state index contributed by atoms with van der Waals surface area (Å²) in [4.78, 5) is 26.0. The van der Waals surface area contributed by atoms with Gasteiger partial charge < -0.3 is 9.47 Å². The lowest BCUT2D eigenvalue weighted by molar-refractivity contribution is -0.143. The smallest absolute Gasteiger partial charge is 0.334 e. The van der Waals surface area contributed by atoms with Crippen molar-refractivity contribution < 1.29 is 19.1 Å². The Labute approximate surface area is 158 Å². The molecule has 2 aliphatic carbocycles. The molecule has 0 heterocycles. The molecule has 0 bridgehead atoms. The van der Waals surface area contributed by atoms with Crippen LogP contribution in [0.25, 0.3) is 0 Å². The Hall–Kier alpha value is -1.32. The standard InChI is InChI=1S/C22H36O4/c1-3-15-25-21(23)19(17-11-7-5-8-12-17)20(22(24)26-16-4-2)18-13-9-6-10-14-18/h17-18H,3-16H2,1-2H3/b20-19-. The van der Waals surface area contributed by atoms with E-state index in [2.05, 4.69) is 0 Å². The fourth-order valence-electron chi connectivity index (χ4n) is 4.32. The van der Waals surface area contributed by atoms with Crippen LogP contribution in [-0.2, 0) is 19.1 Å². The molecule has 0 N–H and O–H groups in total. The fourth-order valence-corrected chi connectivity index (χ4v) is 4.32. The van der Waals surface area contributed by atoms with Gasteiger partial charge in [0.2, 0.25) is 0 Å². The Morgan fingerprint density at radius 2 is 1.00 bits per heavy atom. The molecule has 2 saturated carbocycles. The van der Waals surface area contributed by atoms with Crippen molar-refractivity contribution in [3.05, 3.63) is 11.1 Å². The topological polar surface area (TPSA) is 52.6 Å². The SMILES string of the molecule is CCCOC(=O)/C(=C(\C(=O)OCCC)C1CCCCC1)C1CCCCC1. The molecule has 0 aromatic rings. The maximum atomic E-state index is 13.0. The summed E-state index contributed by atoms with van der Waals surface area (Å²) in [5, 5.41) is 0. The van der Waals surface area contributed by atoms with Gasteiger partial charge in [-0.2, -0.15) is 0 Å². The number of rotatable bonds is 8. The second-order valence-electron chi connectivity index (χ2n) is 7.77. The first-order chi connectivity index (χ1) is 12.7. The molecule has 2 rings (SSSR count). The summed E-state index contributed by atoms with van der Waals surface area (Å²) in [7, 11) is 0. The normalized spacial score (nSPS) is 20.4. The molecule has 0 spiro atoms. The highest BCUT2D eigenvalue weighted by Gasteiger charge is 2.35. The number of carbonyl (C=O) groups excluding carboxylic acids is 2. The van der Waals surface area contributed by atoms with Crippen LogP contribution in [0.3, 0.4) is 0 Å². The van der Waals surface area contributed by atoms with E-state index < -0.39 is 0 Å². The Balaban J connectivity index is 2.39. The lowest BCUT2D eigenvalue weighted by Crippen LogP contribution is -2.28. The minimum atomic E-state index is -0.271. The van der Waals surface area contributed by atoms with Crippen molar-refractivity contribution in [1.82, 2.24) is 0 Å². The van der Waals surface area contributed by atoms with Crippen LogP contribution in [0, 0.1) is 11.8 Å². The summed E-state index contributed by atoms with van der Waals surface area (Å²) in [6.45, 7) is 4.82. The molecule has 0 aromatic heterocycles. The average molecular weight is 365 g/mol. The summed E-state index contributed by atoms with van der Waals surface area (Å²) in [6.07, 6.45) is 12.4. The molecular formula is C22H36O4. The van der Waals surface area contributed by atoms with Gasteiger partial charge in [0, 0.05) is 0 Å². The molecule has 0 atom stereocenters. The number of ether oxygens (including phenoxy) is 2. The Morgan fingerprint density at radius 1 is 0.654 bits per heavy atom. The van der Waals surface area contributed by atoms with Crippen LogP contribution in [0.1, 0.15) is 90.9 Å². The largest absolute Gasteiger partial charge is 0.462 e. The number of hydrogen-bond acceptors (Lipinski definition) is 4. The lowest BCUT2D eigenvalue weighted by atomic mass is 9.75. The second kappa shape index (κ2) is 11.4. The van der Waals surface area contributed by atoms with E-state index in [1.807, 2.05) is 13.8 Å². The molecule has 0 amide bonds. The van der Waals surface area contributed by atoms with Crippen molar-refractivity contribution in [3.63, 3.8) is 0 Å². The van der Waals surface area contributed by atoms with Gasteiger partial charge in [-0.3, -0.25) is 0 Å². The van der Waals surface area contributed by atoms with Gasteiger partial charge in [0.1, 0.15) is 0 Å². The van der Waals surface area contributed by atoms with Gasteiger partial charge in [0.25, 0.3) is 0 Å². The third kappa shape index (κ3) is 5.85. The van der Waals surface area contributed by atoms with Crippen molar-refractivity contribution in [2.45, 2.75) is 90.9 Å². The number of hydrogen-bond donors (Lipinski definition) is 0. The monoisotopic (exact) mass is 364 g/mol. The highest BCUT2D eigenvalue weighted by atomic mass is 16.5. The van der Waals surface area contributed by atoms with E-state index in [1.165, 1.54) is 12.8 Å². The summed E-state index contributed by atoms with van der Waals surface area (Å²) >= 11 is 0. The molecule has 2 aliphatic rings. The molecule has 4 nitrogen and oxygen atoms in total. The summed E-state index contributed by atoms with van der Waals surface area (Å²) < 4.78 is 11.1. The molecule has 0 aliphatic heterocycles. The first kappa shape index (κ1) is 21.0. The van der Waals surface area contributed by atoms with Crippen LogP contribution in [0.4, 0.5) is 0 Å². The zero-order valence-corrected chi connectivity index (χ0v) is 16.7. The van der Waals surface area contributed by atoms with Gasteiger partial charge >= 0.3 is 11.9 Å². The molecule has 0 unspecified atom stereocenters. The van der Waals surface area contributed by atoms with Gasteiger partial charge in [0.05, 0.1) is 24.4 Å². The van der Waals surface area contributed by atoms with Crippen molar-refractivity contribution in [2.24, 2.45) is 11.8 Å². The van der Waals surface area contributed by atoms with Crippen molar-refractivity contribution in [1.29, 1.82) is 0 Å². The van der Waals surface area contributed by atoms with Crippen LogP contribution in [0.2, 0.25) is 0 Å². The molecule has 0 aromatic carbocycles. The quantitative estimate of drug-likeness (QED) is 0.430. The summed E-state index contributed by atoms with van der Waals surface area (Å²) in [5.41, 5.74) is 1.32. The third-order valence-electron chi connectivity index (χ3n) is 5.63. The van der Waals surface area contributed by atoms with Gasteiger partial charge in [-0.25, -0.2) is 9.59 Å². The van der Waals surface area contributed by atoms with Crippen molar-refractivity contribution >= 4 is 11.9 Å². The van der Waals surface area contributed by atoms with Crippen LogP contribution >= 0.6 is 0 Å². The molecule has 0 radical (unpaired) electrons. The average Bonchev–Trinajstić information content (AvgIpc) is 2.69. The van der Waals surface area contributed by atoms with Crippen LogP contribution in [0.5, 0.6) is 0 Å². The van der Waals surface area contributed by atoms with Gasteiger partial charge in [-0.15, -0.1) is 0 Å². The third-order valence-corrected chi connectivity index (χ3v) is 5.63. The van der Waals surface area contributed by atoms with E-state index in [0.717, 1.165) is 64.2 Å². The lowest BCUT2D eigenvalue weighted by Gasteiger charge is -2.30. The Bertz CT molecular complexity index is 438. The van der Waals surface area contributed by atoms with E-state index in [9.17, 15) is 9.59 Å². The predicted octanol–water partition coefficient (Wildman–Crippen LogP) is 5.35. The van der Waals surface area contributed by atoms with Gasteiger partial charge in [0.15, 0.2) is 0 Å².